The fourth-order valence-corrected chi connectivity index (χ4v) is 15.6. The van der Waals surface area contributed by atoms with Crippen LogP contribution in [0.4, 0.5) is 26.1 Å². The average Bonchev–Trinajstić information content (AvgIpc) is 1.79. The van der Waals surface area contributed by atoms with Gasteiger partial charge < -0.3 is 61.5 Å². The lowest BCUT2D eigenvalue weighted by atomic mass is 9.82. The molecule has 6 amide bonds. The molecule has 6 atom stereocenters. The molecular formula is C72H97F2N15O7S. The van der Waals surface area contributed by atoms with Crippen LogP contribution in [-0.2, 0) is 48.4 Å². The third-order valence-electron chi connectivity index (χ3n) is 20.6. The number of piperidine rings is 2. The summed E-state index contributed by atoms with van der Waals surface area (Å²) in [6.07, 6.45) is 4.13. The largest absolute Gasteiger partial charge is 0.391 e. The Morgan fingerprint density at radius 3 is 2.12 bits per heavy atom. The van der Waals surface area contributed by atoms with Crippen molar-refractivity contribution >= 4 is 64.1 Å². The highest BCUT2D eigenvalue weighted by atomic mass is 32.1. The number of aliphatic hydroxyl groups is 1. The van der Waals surface area contributed by atoms with Crippen molar-refractivity contribution in [3.05, 3.63) is 118 Å². The van der Waals surface area contributed by atoms with Crippen LogP contribution in [0.3, 0.4) is 0 Å². The number of carbonyl (C=O) groups excluding carboxylic acids is 6. The molecule has 5 aromatic rings. The van der Waals surface area contributed by atoms with Gasteiger partial charge in [0, 0.05) is 135 Å². The molecule has 25 heteroatoms. The molecule has 11 rings (SSSR count). The second-order valence-electron chi connectivity index (χ2n) is 29.7. The van der Waals surface area contributed by atoms with Crippen molar-refractivity contribution in [2.24, 2.45) is 22.7 Å². The van der Waals surface area contributed by atoms with E-state index in [0.29, 0.717) is 101 Å². The number of aromatic nitrogens is 3. The number of nitrogens with one attached hydrogen (secondary N) is 6. The number of piperazine rings is 1. The summed E-state index contributed by atoms with van der Waals surface area (Å²) in [6, 6.07) is 18.1. The van der Waals surface area contributed by atoms with E-state index in [1.807, 2.05) is 88.7 Å². The van der Waals surface area contributed by atoms with E-state index in [1.54, 1.807) is 16.2 Å². The van der Waals surface area contributed by atoms with Crippen LogP contribution in [-0.4, -0.2) is 190 Å². The van der Waals surface area contributed by atoms with Crippen LogP contribution in [0.1, 0.15) is 127 Å². The molecule has 6 fully saturated rings. The second kappa shape index (κ2) is 30.6. The van der Waals surface area contributed by atoms with Crippen molar-refractivity contribution in [3.8, 4) is 10.4 Å². The highest BCUT2D eigenvalue weighted by Crippen LogP contribution is 2.37. The van der Waals surface area contributed by atoms with Gasteiger partial charge in [-0.1, -0.05) is 83.1 Å². The summed E-state index contributed by atoms with van der Waals surface area (Å²) in [5.74, 6) is -0.409. The Kier molecular flexibility index (Phi) is 22.3. The van der Waals surface area contributed by atoms with E-state index in [2.05, 4.69) is 86.4 Å². The zero-order chi connectivity index (χ0) is 68.8. The molecule has 3 aromatic carbocycles. The van der Waals surface area contributed by atoms with Crippen molar-refractivity contribution in [1.29, 1.82) is 0 Å². The van der Waals surface area contributed by atoms with Crippen LogP contribution >= 0.6 is 11.3 Å². The molecule has 22 nitrogen and oxygen atoms in total. The number of thiazole rings is 1. The number of aliphatic hydroxyl groups excluding tert-OH is 1. The van der Waals surface area contributed by atoms with Crippen molar-refractivity contribution in [1.82, 2.24) is 61.1 Å². The van der Waals surface area contributed by atoms with E-state index in [4.69, 9.17) is 0 Å². The maximum atomic E-state index is 15.8. The quantitative estimate of drug-likeness (QED) is 0.0347. The standard InChI is InChI=1S/C72H97F2N15O7S/c1-46(50-11-13-51(14-12-50)66-47(2)80-45-97-66)81-68(95)59-31-55(90)41-89(59)69(96)67(70(3,4)5)82-64(93)16-15-62(91)75-22-28-86-39-53-37-85(38-54(53)40-86)23-17-63(92)77-35-49-10-8-9-48(29-49)34-76-60-33-61(79-44-78-60)87-26-20-72(21-27-87)43-88(42-65(94)83-72)58-32-56(73)52(30-57(58)74)36-84-24-18-71(6,7)19-25-84/h8-14,29-30,32-33,44-46,53-55,59,67,90H,15-28,31,34-43H2,1-7H3,(H,75,91)(H,77,92)(H,81,95)(H,82,93)(H,83,94)(H,76,78,79)/t46-,53-,54+,55+,59-,67+/m0/s1. The molecule has 97 heavy (non-hydrogen) atoms. The first kappa shape index (κ1) is 70.6. The number of hydrogen-bond acceptors (Lipinski definition) is 17. The second-order valence-corrected chi connectivity index (χ2v) is 30.6. The molecule has 0 radical (unpaired) electrons. The van der Waals surface area contributed by atoms with Gasteiger partial charge in [-0.15, -0.1) is 11.3 Å². The Bertz CT molecular complexity index is 3610. The number of rotatable bonds is 24. The molecule has 2 aromatic heterocycles. The molecule has 6 saturated heterocycles. The number of aryl methyl sites for hydroxylation is 1. The number of nitrogens with zero attached hydrogens (tertiary/aromatic N) is 9. The number of fused-ring (bicyclic) bond motifs is 1. The highest BCUT2D eigenvalue weighted by molar-refractivity contribution is 7.13. The molecule has 8 heterocycles. The van der Waals surface area contributed by atoms with E-state index >= 15 is 8.78 Å². The molecule has 0 unspecified atom stereocenters. The predicted octanol–water partition coefficient (Wildman–Crippen LogP) is 6.53. The van der Waals surface area contributed by atoms with Crippen LogP contribution in [0.2, 0.25) is 0 Å². The van der Waals surface area contributed by atoms with Gasteiger partial charge in [0.1, 0.15) is 41.7 Å². The average molecular weight is 1350 g/mol. The monoisotopic (exact) mass is 1350 g/mol. The minimum absolute atomic E-state index is 0.00936. The molecular weight excluding hydrogens is 1260 g/mol. The number of carbonyl (C=O) groups is 6. The van der Waals surface area contributed by atoms with Gasteiger partial charge in [0.15, 0.2) is 0 Å². The number of anilines is 3. The SMILES string of the molecule is Cc1ncsc1-c1ccc([C@H](C)NC(=O)[C@@H]2C[C@@H](O)CN2C(=O)[C@@H](NC(=O)CCC(=O)NCCN2C[C@@H]3CN(CCC(=O)NCc4cccc(CNc5cc(N6CCC7(CC6)CN(c6cc(F)c(CN8CCC(C)(C)CC8)cc6F)CC(=O)N7)ncn5)c4)C[C@@H]3C2)C(C)(C)C)cc1. The predicted molar refractivity (Wildman–Crippen MR) is 370 cm³/mol. The third kappa shape index (κ3) is 18.2. The maximum Gasteiger partial charge on any atom is 0.246 e. The minimum Gasteiger partial charge on any atom is -0.391 e. The van der Waals surface area contributed by atoms with Crippen molar-refractivity contribution in [3.63, 3.8) is 0 Å². The lowest BCUT2D eigenvalue weighted by molar-refractivity contribution is -0.144. The van der Waals surface area contributed by atoms with Crippen LogP contribution in [0.15, 0.2) is 78.6 Å². The van der Waals surface area contributed by atoms with E-state index in [-0.39, 0.29) is 73.1 Å². The fourth-order valence-electron chi connectivity index (χ4n) is 14.8. The number of benzene rings is 3. The number of likely N-dealkylation sites (tertiary alicyclic amines) is 4. The summed E-state index contributed by atoms with van der Waals surface area (Å²) in [5.41, 5.74) is 6.06. The Morgan fingerprint density at radius 1 is 0.753 bits per heavy atom. The lowest BCUT2D eigenvalue weighted by Gasteiger charge is -2.48. The van der Waals surface area contributed by atoms with Gasteiger partial charge in [0.2, 0.25) is 35.4 Å². The molecule has 0 bridgehead atoms. The molecule has 7 N–H and O–H groups in total. The van der Waals surface area contributed by atoms with Crippen molar-refractivity contribution in [2.45, 2.75) is 149 Å². The van der Waals surface area contributed by atoms with E-state index in [0.717, 1.165) is 90.8 Å². The van der Waals surface area contributed by atoms with Gasteiger partial charge in [-0.3, -0.25) is 33.7 Å². The van der Waals surface area contributed by atoms with Gasteiger partial charge in [-0.05, 0) is 104 Å². The van der Waals surface area contributed by atoms with Crippen LogP contribution in [0, 0.1) is 41.2 Å². The van der Waals surface area contributed by atoms with Gasteiger partial charge in [0.05, 0.1) is 46.0 Å². The van der Waals surface area contributed by atoms with Crippen LogP contribution in [0.25, 0.3) is 10.4 Å². The van der Waals surface area contributed by atoms with E-state index < -0.39 is 52.6 Å². The van der Waals surface area contributed by atoms with E-state index in [1.165, 1.54) is 23.4 Å². The summed E-state index contributed by atoms with van der Waals surface area (Å²) in [4.78, 5) is 107. The highest BCUT2D eigenvalue weighted by Gasteiger charge is 2.46. The van der Waals surface area contributed by atoms with Crippen LogP contribution < -0.4 is 41.7 Å². The van der Waals surface area contributed by atoms with Gasteiger partial charge in [-0.25, -0.2) is 23.7 Å². The number of hydrogen-bond donors (Lipinski definition) is 7. The maximum absolute atomic E-state index is 15.8. The minimum atomic E-state index is -1.01. The van der Waals surface area contributed by atoms with Gasteiger partial charge in [0.25, 0.3) is 0 Å². The van der Waals surface area contributed by atoms with Gasteiger partial charge in [-0.2, -0.15) is 0 Å². The summed E-state index contributed by atoms with van der Waals surface area (Å²) >= 11 is 1.57. The Hall–Kier alpha value is -7.71. The Balaban J connectivity index is 0.550. The van der Waals surface area contributed by atoms with Crippen LogP contribution in [0.5, 0.6) is 0 Å². The number of amides is 6. The molecule has 1 spiro atoms. The Morgan fingerprint density at radius 2 is 1.43 bits per heavy atom. The molecule has 0 aliphatic carbocycles. The molecule has 6 aliphatic heterocycles. The number of β-amino-alcohol motifs (C(OH)–C–C–N with tert-alkyl or cyclic N) is 1. The molecule has 0 saturated carbocycles. The van der Waals surface area contributed by atoms with Gasteiger partial charge >= 0.3 is 0 Å². The number of halogens is 2. The Labute approximate surface area is 572 Å². The lowest BCUT2D eigenvalue weighted by Crippen LogP contribution is -2.66. The molecule has 6 aliphatic rings. The first-order valence-corrected chi connectivity index (χ1v) is 35.4. The fraction of sp³-hybridized carbons (Fsp3) is 0.569. The topological polar surface area (TPSA) is 253 Å². The smallest absolute Gasteiger partial charge is 0.246 e. The first-order chi connectivity index (χ1) is 46.3. The van der Waals surface area contributed by atoms with E-state index in [9.17, 15) is 33.9 Å². The summed E-state index contributed by atoms with van der Waals surface area (Å²) < 4.78 is 31.4. The normalized spacial score (nSPS) is 21.8. The summed E-state index contributed by atoms with van der Waals surface area (Å²) in [5, 5.41) is 29.3. The third-order valence-corrected chi connectivity index (χ3v) is 21.6. The van der Waals surface area contributed by atoms with Crippen molar-refractivity contribution in [2.75, 3.05) is 107 Å². The zero-order valence-corrected chi connectivity index (χ0v) is 58.0. The summed E-state index contributed by atoms with van der Waals surface area (Å²) in [6.45, 7) is 23.6. The van der Waals surface area contributed by atoms with Crippen molar-refractivity contribution < 1.29 is 42.7 Å². The summed E-state index contributed by atoms with van der Waals surface area (Å²) in [7, 11) is 0. The zero-order valence-electron chi connectivity index (χ0n) is 57.2. The molecule has 522 valence electrons. The first-order valence-electron chi connectivity index (χ1n) is 34.5.